The molecule has 5 rings (SSSR count). The van der Waals surface area contributed by atoms with E-state index in [1.165, 1.54) is 17.4 Å². The molecule has 11 heteroatoms. The van der Waals surface area contributed by atoms with Crippen LogP contribution in [0.4, 0.5) is 5.69 Å². The van der Waals surface area contributed by atoms with Crippen LogP contribution < -0.4 is 26.8 Å². The summed E-state index contributed by atoms with van der Waals surface area (Å²) in [6, 6.07) is 16.0. The van der Waals surface area contributed by atoms with Crippen LogP contribution in [0.15, 0.2) is 83.7 Å². The van der Waals surface area contributed by atoms with Gasteiger partial charge in [0.15, 0.2) is 0 Å². The van der Waals surface area contributed by atoms with Gasteiger partial charge in [0.25, 0.3) is 11.5 Å². The predicted octanol–water partition coefficient (Wildman–Crippen LogP) is 3.04. The Morgan fingerprint density at radius 3 is 2.82 bits per heavy atom. The summed E-state index contributed by atoms with van der Waals surface area (Å²) in [7, 11) is 0. The van der Waals surface area contributed by atoms with Gasteiger partial charge >= 0.3 is 0 Å². The maximum atomic E-state index is 12.3. The fourth-order valence-electron chi connectivity index (χ4n) is 3.42. The molecule has 0 saturated carbocycles. The van der Waals surface area contributed by atoms with Gasteiger partial charge in [0.2, 0.25) is 0 Å². The fourth-order valence-corrected chi connectivity index (χ4v) is 4.38. The van der Waals surface area contributed by atoms with Crippen molar-refractivity contribution in [3.8, 4) is 16.9 Å². The van der Waals surface area contributed by atoms with E-state index in [1.54, 1.807) is 40.2 Å². The molecule has 4 heterocycles. The van der Waals surface area contributed by atoms with Crippen molar-refractivity contribution in [1.82, 2.24) is 31.0 Å². The van der Waals surface area contributed by atoms with Gasteiger partial charge in [0, 0.05) is 35.9 Å². The lowest BCUT2D eigenvalue weighted by Gasteiger charge is -2.20. The van der Waals surface area contributed by atoms with Crippen LogP contribution in [-0.2, 0) is 0 Å². The number of carbonyl (C=O) groups is 1. The quantitative estimate of drug-likeness (QED) is 0.338. The number of H-pyrrole nitrogens is 1. The van der Waals surface area contributed by atoms with Crippen molar-refractivity contribution in [1.29, 1.82) is 0 Å². The van der Waals surface area contributed by atoms with Crippen LogP contribution in [0.5, 0.6) is 0 Å². The van der Waals surface area contributed by atoms with Gasteiger partial charge in [-0.1, -0.05) is 17.7 Å². The molecule has 1 aliphatic rings. The SMILES string of the molecule is O=C(NCC1=CN(c2ccc(-n3ccccc3=O)cc2-c2ccn[nH]2)NN1)c1ccc(Cl)s1. The Kier molecular flexibility index (Phi) is 5.69. The number of rotatable bonds is 6. The summed E-state index contributed by atoms with van der Waals surface area (Å²) in [4.78, 5) is 25.1. The molecule has 9 nitrogen and oxygen atoms in total. The van der Waals surface area contributed by atoms with Gasteiger partial charge in [-0.3, -0.25) is 24.3 Å². The summed E-state index contributed by atoms with van der Waals surface area (Å²) in [5.74, 6) is -0.191. The molecule has 166 valence electrons. The Bertz CT molecular complexity index is 1390. The van der Waals surface area contributed by atoms with E-state index in [0.29, 0.717) is 15.8 Å². The minimum atomic E-state index is -0.191. The number of hydrogen-bond donors (Lipinski definition) is 4. The number of thiophene rings is 1. The maximum absolute atomic E-state index is 12.3. The summed E-state index contributed by atoms with van der Waals surface area (Å²) >= 11 is 7.14. The van der Waals surface area contributed by atoms with Crippen LogP contribution in [0.25, 0.3) is 16.9 Å². The first kappa shape index (κ1) is 21.0. The molecule has 1 aliphatic heterocycles. The molecule has 0 aliphatic carbocycles. The van der Waals surface area contributed by atoms with Gasteiger partial charge < -0.3 is 10.7 Å². The van der Waals surface area contributed by atoms with Crippen molar-refractivity contribution >= 4 is 34.5 Å². The minimum Gasteiger partial charge on any atom is -0.346 e. The second-order valence-corrected chi connectivity index (χ2v) is 8.84. The highest BCUT2D eigenvalue weighted by Crippen LogP contribution is 2.32. The van der Waals surface area contributed by atoms with E-state index in [9.17, 15) is 9.59 Å². The average Bonchev–Trinajstić information content (AvgIpc) is 3.59. The molecule has 1 aromatic carbocycles. The zero-order valence-electron chi connectivity index (χ0n) is 17.1. The summed E-state index contributed by atoms with van der Waals surface area (Å²) in [5.41, 5.74) is 9.98. The molecule has 4 aromatic rings. The molecule has 0 saturated heterocycles. The molecule has 33 heavy (non-hydrogen) atoms. The fraction of sp³-hybridized carbons (Fsp3) is 0.0455. The largest absolute Gasteiger partial charge is 0.346 e. The summed E-state index contributed by atoms with van der Waals surface area (Å²) in [6.45, 7) is 0.300. The van der Waals surface area contributed by atoms with Gasteiger partial charge in [0.05, 0.1) is 32.8 Å². The first-order valence-electron chi connectivity index (χ1n) is 9.95. The Morgan fingerprint density at radius 2 is 2.06 bits per heavy atom. The average molecular weight is 480 g/mol. The first-order chi connectivity index (χ1) is 16.1. The molecule has 4 N–H and O–H groups in total. The lowest BCUT2D eigenvalue weighted by atomic mass is 10.1. The van der Waals surface area contributed by atoms with Crippen molar-refractivity contribution in [3.05, 3.63) is 98.5 Å². The molecule has 0 fully saturated rings. The van der Waals surface area contributed by atoms with Gasteiger partial charge in [0.1, 0.15) is 0 Å². The van der Waals surface area contributed by atoms with Crippen LogP contribution in [0.2, 0.25) is 4.34 Å². The number of benzene rings is 1. The highest BCUT2D eigenvalue weighted by atomic mass is 35.5. The molecule has 3 aromatic heterocycles. The monoisotopic (exact) mass is 479 g/mol. The molecular weight excluding hydrogens is 462 g/mol. The number of pyridine rings is 1. The number of nitrogens with one attached hydrogen (secondary N) is 4. The smallest absolute Gasteiger partial charge is 0.261 e. The second kappa shape index (κ2) is 8.94. The van der Waals surface area contributed by atoms with E-state index in [4.69, 9.17) is 11.6 Å². The number of halogens is 1. The summed E-state index contributed by atoms with van der Waals surface area (Å²) in [6.07, 6.45) is 5.25. The molecule has 0 radical (unpaired) electrons. The molecule has 0 spiro atoms. The highest BCUT2D eigenvalue weighted by molar-refractivity contribution is 7.18. The van der Waals surface area contributed by atoms with Crippen LogP contribution in [0.3, 0.4) is 0 Å². The van der Waals surface area contributed by atoms with Crippen LogP contribution in [-0.4, -0.2) is 27.2 Å². The molecule has 1 amide bonds. The first-order valence-corrected chi connectivity index (χ1v) is 11.1. The molecular formula is C22H18ClN7O2S. The van der Waals surface area contributed by atoms with Gasteiger partial charge in [-0.15, -0.1) is 16.9 Å². The summed E-state index contributed by atoms with van der Waals surface area (Å²) < 4.78 is 2.14. The number of hydrazine groups is 2. The van der Waals surface area contributed by atoms with E-state index in [0.717, 1.165) is 28.3 Å². The van der Waals surface area contributed by atoms with Crippen LogP contribution >= 0.6 is 22.9 Å². The minimum absolute atomic E-state index is 0.119. The van der Waals surface area contributed by atoms with Gasteiger partial charge in [-0.25, -0.2) is 0 Å². The number of aromatic nitrogens is 3. The van der Waals surface area contributed by atoms with Crippen molar-refractivity contribution < 1.29 is 4.79 Å². The Morgan fingerprint density at radius 1 is 1.15 bits per heavy atom. The van der Waals surface area contributed by atoms with Gasteiger partial charge in [-0.05, 0) is 42.5 Å². The van der Waals surface area contributed by atoms with Crippen molar-refractivity contribution in [2.45, 2.75) is 0 Å². The van der Waals surface area contributed by atoms with E-state index < -0.39 is 0 Å². The predicted molar refractivity (Wildman–Crippen MR) is 128 cm³/mol. The molecule has 0 unspecified atom stereocenters. The lowest BCUT2D eigenvalue weighted by Crippen LogP contribution is -2.38. The Labute approximate surface area is 197 Å². The highest BCUT2D eigenvalue weighted by Gasteiger charge is 2.19. The number of anilines is 1. The third-order valence-corrected chi connectivity index (χ3v) is 6.22. The zero-order chi connectivity index (χ0) is 22.8. The number of carbonyl (C=O) groups excluding carboxylic acids is 1. The lowest BCUT2D eigenvalue weighted by molar-refractivity contribution is 0.0960. The van der Waals surface area contributed by atoms with Crippen molar-refractivity contribution in [2.24, 2.45) is 0 Å². The summed E-state index contributed by atoms with van der Waals surface area (Å²) in [5, 5.41) is 11.7. The number of amides is 1. The molecule has 0 bridgehead atoms. The number of nitrogens with zero attached hydrogens (tertiary/aromatic N) is 3. The standard InChI is InChI=1S/C22H18ClN7O2S/c23-20-7-6-19(33-20)22(32)24-12-14-13-30(28-26-14)18-5-4-15(29-10-2-1-3-21(29)31)11-16(18)17-8-9-25-27-17/h1-11,13,26,28H,12H2,(H,24,32)(H,25,27). The van der Waals surface area contributed by atoms with Crippen molar-refractivity contribution in [2.75, 3.05) is 11.6 Å². The van der Waals surface area contributed by atoms with E-state index in [-0.39, 0.29) is 11.5 Å². The second-order valence-electron chi connectivity index (χ2n) is 7.13. The van der Waals surface area contributed by atoms with Crippen LogP contribution in [0, 0.1) is 0 Å². The Balaban J connectivity index is 1.40. The number of aromatic amines is 1. The van der Waals surface area contributed by atoms with E-state index in [2.05, 4.69) is 26.5 Å². The maximum Gasteiger partial charge on any atom is 0.261 e. The topological polar surface area (TPSA) is 107 Å². The Hall–Kier alpha value is -3.86. The van der Waals surface area contributed by atoms with Gasteiger partial charge in [-0.2, -0.15) is 5.10 Å². The molecule has 0 atom stereocenters. The third kappa shape index (κ3) is 4.40. The van der Waals surface area contributed by atoms with E-state index >= 15 is 0 Å². The third-order valence-electron chi connectivity index (χ3n) is 4.99. The van der Waals surface area contributed by atoms with Crippen LogP contribution in [0.1, 0.15) is 9.67 Å². The normalized spacial score (nSPS) is 13.0. The number of hydrogen-bond acceptors (Lipinski definition) is 7. The zero-order valence-corrected chi connectivity index (χ0v) is 18.7. The van der Waals surface area contributed by atoms with Crippen molar-refractivity contribution in [3.63, 3.8) is 0 Å². The van der Waals surface area contributed by atoms with E-state index in [1.807, 2.05) is 36.5 Å².